The van der Waals surface area contributed by atoms with Crippen LogP contribution in [-0.4, -0.2) is 13.7 Å². The van der Waals surface area contributed by atoms with Crippen LogP contribution in [0, 0.1) is 5.41 Å². The third kappa shape index (κ3) is 2.08. The van der Waals surface area contributed by atoms with Gasteiger partial charge in [0.05, 0.1) is 5.25 Å². The van der Waals surface area contributed by atoms with Crippen LogP contribution >= 0.6 is 10.7 Å². The molecule has 2 fully saturated rings. The van der Waals surface area contributed by atoms with Crippen LogP contribution in [0.4, 0.5) is 0 Å². The van der Waals surface area contributed by atoms with Gasteiger partial charge in [0.1, 0.15) is 0 Å². The summed E-state index contributed by atoms with van der Waals surface area (Å²) in [5.74, 6) is 0. The van der Waals surface area contributed by atoms with Crippen LogP contribution in [0.15, 0.2) is 0 Å². The molecule has 2 rings (SSSR count). The first kappa shape index (κ1) is 10.7. The third-order valence-corrected chi connectivity index (χ3v) is 5.92. The maximum Gasteiger partial charge on any atom is 0.235 e. The minimum atomic E-state index is -3.31. The zero-order valence-electron chi connectivity index (χ0n) is 8.34. The van der Waals surface area contributed by atoms with Gasteiger partial charge in [-0.05, 0) is 37.5 Å². The quantitative estimate of drug-likeness (QED) is 0.656. The molecule has 0 aromatic carbocycles. The molecule has 0 bridgehead atoms. The monoisotopic (exact) mass is 236 g/mol. The highest BCUT2D eigenvalue weighted by molar-refractivity contribution is 8.14. The summed E-state index contributed by atoms with van der Waals surface area (Å²) in [6, 6.07) is 0. The summed E-state index contributed by atoms with van der Waals surface area (Å²) < 4.78 is 22.4. The predicted molar refractivity (Wildman–Crippen MR) is 57.9 cm³/mol. The molecule has 82 valence electrons. The summed E-state index contributed by atoms with van der Waals surface area (Å²) in [5, 5.41) is -0.262. The van der Waals surface area contributed by atoms with Gasteiger partial charge in [0.2, 0.25) is 9.05 Å². The van der Waals surface area contributed by atoms with Gasteiger partial charge >= 0.3 is 0 Å². The van der Waals surface area contributed by atoms with Crippen LogP contribution in [0.5, 0.6) is 0 Å². The largest absolute Gasteiger partial charge is 0.235 e. The number of rotatable bonds is 1. The summed E-state index contributed by atoms with van der Waals surface area (Å²) in [6.07, 6.45) is 8.98. The average molecular weight is 237 g/mol. The Hall–Kier alpha value is 0.240. The van der Waals surface area contributed by atoms with Crippen molar-refractivity contribution in [1.82, 2.24) is 0 Å². The Morgan fingerprint density at radius 3 is 2.21 bits per heavy atom. The minimum Gasteiger partial charge on any atom is -0.212 e. The maximum absolute atomic E-state index is 11.2. The van der Waals surface area contributed by atoms with E-state index in [0.29, 0.717) is 5.41 Å². The van der Waals surface area contributed by atoms with E-state index in [1.165, 1.54) is 32.1 Å². The Balaban J connectivity index is 2.06. The van der Waals surface area contributed by atoms with Crippen molar-refractivity contribution >= 4 is 19.7 Å². The summed E-state index contributed by atoms with van der Waals surface area (Å²) in [4.78, 5) is 0. The highest BCUT2D eigenvalue weighted by Crippen LogP contribution is 2.50. The van der Waals surface area contributed by atoms with E-state index < -0.39 is 9.05 Å². The fourth-order valence-electron chi connectivity index (χ4n) is 3.15. The number of hydrogen-bond donors (Lipinski definition) is 0. The first-order valence-corrected chi connectivity index (χ1v) is 7.83. The smallest absolute Gasteiger partial charge is 0.212 e. The van der Waals surface area contributed by atoms with E-state index >= 15 is 0 Å². The highest BCUT2D eigenvalue weighted by Gasteiger charge is 2.43. The molecular formula is C10H17ClO2S. The molecule has 4 heteroatoms. The normalized spacial score (nSPS) is 32.2. The molecule has 0 aromatic heterocycles. The van der Waals surface area contributed by atoms with Gasteiger partial charge in [0, 0.05) is 10.7 Å². The first-order valence-electron chi connectivity index (χ1n) is 5.45. The van der Waals surface area contributed by atoms with E-state index in [0.717, 1.165) is 19.3 Å². The molecule has 0 aromatic rings. The topological polar surface area (TPSA) is 34.1 Å². The van der Waals surface area contributed by atoms with Crippen molar-refractivity contribution in [2.75, 3.05) is 0 Å². The van der Waals surface area contributed by atoms with Crippen molar-refractivity contribution in [2.45, 2.75) is 56.6 Å². The van der Waals surface area contributed by atoms with Crippen LogP contribution in [0.2, 0.25) is 0 Å². The van der Waals surface area contributed by atoms with Crippen molar-refractivity contribution in [3.8, 4) is 0 Å². The molecule has 2 aliphatic rings. The number of halogens is 1. The Morgan fingerprint density at radius 2 is 1.71 bits per heavy atom. The lowest BCUT2D eigenvalue weighted by Crippen LogP contribution is -2.22. The second-order valence-corrected chi connectivity index (χ2v) is 7.81. The molecule has 1 unspecified atom stereocenters. The van der Waals surface area contributed by atoms with Crippen LogP contribution in [0.25, 0.3) is 0 Å². The molecule has 0 amide bonds. The highest BCUT2D eigenvalue weighted by atomic mass is 35.7. The molecule has 0 radical (unpaired) electrons. The van der Waals surface area contributed by atoms with Gasteiger partial charge < -0.3 is 0 Å². The molecule has 0 aliphatic heterocycles. The molecule has 2 saturated carbocycles. The maximum atomic E-state index is 11.2. The minimum absolute atomic E-state index is 0.262. The van der Waals surface area contributed by atoms with Crippen LogP contribution < -0.4 is 0 Å². The fourth-order valence-corrected chi connectivity index (χ4v) is 4.56. The van der Waals surface area contributed by atoms with Crippen molar-refractivity contribution in [1.29, 1.82) is 0 Å². The summed E-state index contributed by atoms with van der Waals surface area (Å²) in [5.41, 5.74) is 0.338. The molecule has 2 aliphatic carbocycles. The average Bonchev–Trinajstić information content (AvgIpc) is 2.50. The predicted octanol–water partition coefficient (Wildman–Crippen LogP) is 3.06. The van der Waals surface area contributed by atoms with E-state index in [2.05, 4.69) is 0 Å². The van der Waals surface area contributed by atoms with E-state index in [1.54, 1.807) is 0 Å². The standard InChI is InChI=1S/C10H17ClO2S/c11-14(12,13)9-4-7-10(8-9)5-2-1-3-6-10/h9H,1-8H2. The molecular weight excluding hydrogens is 220 g/mol. The molecule has 1 atom stereocenters. The van der Waals surface area contributed by atoms with E-state index in [-0.39, 0.29) is 5.25 Å². The van der Waals surface area contributed by atoms with Crippen LogP contribution in [0.3, 0.4) is 0 Å². The lowest BCUT2D eigenvalue weighted by Gasteiger charge is -2.33. The molecule has 14 heavy (non-hydrogen) atoms. The Labute approximate surface area is 90.4 Å². The van der Waals surface area contributed by atoms with Crippen molar-refractivity contribution in [2.24, 2.45) is 5.41 Å². The van der Waals surface area contributed by atoms with Crippen molar-refractivity contribution in [3.05, 3.63) is 0 Å². The molecule has 2 nitrogen and oxygen atoms in total. The Kier molecular flexibility index (Phi) is 2.82. The fraction of sp³-hybridized carbons (Fsp3) is 1.00. The molecule has 0 heterocycles. The van der Waals surface area contributed by atoms with Gasteiger partial charge in [0.15, 0.2) is 0 Å². The van der Waals surface area contributed by atoms with Gasteiger partial charge in [0.25, 0.3) is 0 Å². The lowest BCUT2D eigenvalue weighted by molar-refractivity contribution is 0.197. The zero-order chi connectivity index (χ0) is 10.2. The summed E-state index contributed by atoms with van der Waals surface area (Å²) >= 11 is 0. The summed E-state index contributed by atoms with van der Waals surface area (Å²) in [7, 11) is 2.11. The molecule has 1 spiro atoms. The lowest BCUT2D eigenvalue weighted by atomic mass is 9.73. The first-order chi connectivity index (χ1) is 6.52. The van der Waals surface area contributed by atoms with Gasteiger partial charge in [-0.15, -0.1) is 0 Å². The van der Waals surface area contributed by atoms with Crippen molar-refractivity contribution < 1.29 is 8.42 Å². The van der Waals surface area contributed by atoms with Crippen LogP contribution in [0.1, 0.15) is 51.4 Å². The van der Waals surface area contributed by atoms with Gasteiger partial charge in [-0.2, -0.15) is 0 Å². The van der Waals surface area contributed by atoms with E-state index in [4.69, 9.17) is 10.7 Å². The van der Waals surface area contributed by atoms with E-state index in [1.807, 2.05) is 0 Å². The van der Waals surface area contributed by atoms with Gasteiger partial charge in [-0.3, -0.25) is 0 Å². The van der Waals surface area contributed by atoms with Crippen molar-refractivity contribution in [3.63, 3.8) is 0 Å². The molecule has 0 N–H and O–H groups in total. The van der Waals surface area contributed by atoms with Gasteiger partial charge in [-0.1, -0.05) is 19.3 Å². The summed E-state index contributed by atoms with van der Waals surface area (Å²) in [6.45, 7) is 0. The third-order valence-electron chi connectivity index (χ3n) is 3.97. The molecule has 0 saturated heterocycles. The number of hydrogen-bond acceptors (Lipinski definition) is 2. The second kappa shape index (κ2) is 3.67. The van der Waals surface area contributed by atoms with E-state index in [9.17, 15) is 8.42 Å². The second-order valence-electron chi connectivity index (χ2n) is 4.90. The SMILES string of the molecule is O=S(=O)(Cl)C1CCC2(CCCCC2)C1. The zero-order valence-corrected chi connectivity index (χ0v) is 9.91. The Morgan fingerprint density at radius 1 is 1.07 bits per heavy atom. The van der Waals surface area contributed by atoms with Crippen LogP contribution in [-0.2, 0) is 9.05 Å². The Bertz CT molecular complexity index is 304. The van der Waals surface area contributed by atoms with Gasteiger partial charge in [-0.25, -0.2) is 8.42 Å².